The quantitative estimate of drug-likeness (QED) is 0.774. The molecule has 5 heteroatoms. The lowest BCUT2D eigenvalue weighted by Crippen LogP contribution is -2.32. The van der Waals surface area contributed by atoms with Gasteiger partial charge in [0.2, 0.25) is 5.12 Å². The van der Waals surface area contributed by atoms with Gasteiger partial charge in [-0.2, -0.15) is 0 Å². The molecule has 0 amide bonds. The number of allylic oxidation sites excluding steroid dienone is 1. The van der Waals surface area contributed by atoms with Crippen LogP contribution in [0.3, 0.4) is 0 Å². The first-order valence-corrected chi connectivity index (χ1v) is 9.65. The largest absolute Gasteiger partial charge is 0.463 e. The van der Waals surface area contributed by atoms with Gasteiger partial charge in [-0.25, -0.2) is 4.79 Å². The van der Waals surface area contributed by atoms with E-state index in [1.807, 2.05) is 51.1 Å². The molecule has 1 atom stereocenters. The molecule has 0 aromatic heterocycles. The Balaban J connectivity index is 2.59. The van der Waals surface area contributed by atoms with Crippen molar-refractivity contribution in [3.05, 3.63) is 52.7 Å². The Hall–Kier alpha value is -2.01. The molecule has 1 N–H and O–H groups in total. The molecular weight excluding hydrogens is 334 g/mol. The number of rotatable bonds is 6. The molecule has 0 fully saturated rings. The van der Waals surface area contributed by atoms with Gasteiger partial charge in [0.1, 0.15) is 0 Å². The molecule has 0 aliphatic carbocycles. The summed E-state index contributed by atoms with van der Waals surface area (Å²) >= 11 is 1.27. The Labute approximate surface area is 153 Å². The van der Waals surface area contributed by atoms with Gasteiger partial charge >= 0.3 is 5.97 Å². The highest BCUT2D eigenvalue weighted by atomic mass is 32.2. The fourth-order valence-corrected chi connectivity index (χ4v) is 3.81. The predicted octanol–water partition coefficient (Wildman–Crippen LogP) is 4.14. The molecule has 1 aliphatic rings. The summed E-state index contributed by atoms with van der Waals surface area (Å²) in [5.74, 6) is 0.0813. The number of ether oxygens (including phenoxy) is 1. The second kappa shape index (κ2) is 8.90. The average molecular weight is 359 g/mol. The molecule has 0 unspecified atom stereocenters. The summed E-state index contributed by atoms with van der Waals surface area (Å²) in [7, 11) is 0. The number of esters is 1. The van der Waals surface area contributed by atoms with Crippen molar-refractivity contribution < 1.29 is 14.3 Å². The highest BCUT2D eigenvalue weighted by molar-refractivity contribution is 8.14. The van der Waals surface area contributed by atoms with Crippen LogP contribution in [0.2, 0.25) is 0 Å². The standard InChI is InChI=1S/C20H25NO3S/c1-5-15-16(20(23)25-7-3)13(4)21-18(14-11-9-8-10-12-14)17(15)19(22)24-6-2/h8-12,15,21H,5-7H2,1-4H3/t15-/m0/s1. The van der Waals surface area contributed by atoms with Crippen molar-refractivity contribution in [2.75, 3.05) is 12.4 Å². The van der Waals surface area contributed by atoms with Crippen LogP contribution < -0.4 is 5.32 Å². The van der Waals surface area contributed by atoms with Gasteiger partial charge in [0.25, 0.3) is 0 Å². The van der Waals surface area contributed by atoms with E-state index in [2.05, 4.69) is 5.32 Å². The Bertz CT molecular complexity index is 707. The minimum absolute atomic E-state index is 0.0215. The first kappa shape index (κ1) is 19.3. The van der Waals surface area contributed by atoms with Crippen LogP contribution in [0, 0.1) is 5.92 Å². The van der Waals surface area contributed by atoms with Crippen LogP contribution in [0.4, 0.5) is 0 Å². The van der Waals surface area contributed by atoms with Gasteiger partial charge in [-0.3, -0.25) is 4.79 Å². The monoisotopic (exact) mass is 359 g/mol. The maximum Gasteiger partial charge on any atom is 0.336 e. The number of carbonyl (C=O) groups excluding carboxylic acids is 2. The number of nitrogens with one attached hydrogen (secondary N) is 1. The van der Waals surface area contributed by atoms with Gasteiger partial charge in [0.15, 0.2) is 0 Å². The molecule has 4 nitrogen and oxygen atoms in total. The van der Waals surface area contributed by atoms with Crippen molar-refractivity contribution in [1.82, 2.24) is 5.32 Å². The molecule has 1 heterocycles. The normalized spacial score (nSPS) is 17.4. The molecule has 1 aromatic rings. The minimum Gasteiger partial charge on any atom is -0.463 e. The number of thioether (sulfide) groups is 1. The number of hydrogen-bond acceptors (Lipinski definition) is 5. The molecule has 1 aliphatic heterocycles. The van der Waals surface area contributed by atoms with E-state index in [9.17, 15) is 9.59 Å². The van der Waals surface area contributed by atoms with E-state index in [0.29, 0.717) is 29.9 Å². The molecule has 0 saturated carbocycles. The molecular formula is C20H25NO3S. The third-order valence-corrected chi connectivity index (χ3v) is 4.91. The highest BCUT2D eigenvalue weighted by Crippen LogP contribution is 2.38. The van der Waals surface area contributed by atoms with Crippen molar-refractivity contribution in [3.8, 4) is 0 Å². The first-order valence-electron chi connectivity index (χ1n) is 8.66. The predicted molar refractivity (Wildman–Crippen MR) is 103 cm³/mol. The molecule has 0 radical (unpaired) electrons. The molecule has 134 valence electrons. The maximum absolute atomic E-state index is 12.7. The van der Waals surface area contributed by atoms with Crippen LogP contribution >= 0.6 is 11.8 Å². The van der Waals surface area contributed by atoms with Gasteiger partial charge in [-0.05, 0) is 31.6 Å². The summed E-state index contributed by atoms with van der Waals surface area (Å²) in [6, 6.07) is 9.70. The van der Waals surface area contributed by atoms with Gasteiger partial charge in [0.05, 0.1) is 17.9 Å². The lowest BCUT2D eigenvalue weighted by molar-refractivity contribution is -0.139. The third kappa shape index (κ3) is 4.15. The topological polar surface area (TPSA) is 55.4 Å². The highest BCUT2D eigenvalue weighted by Gasteiger charge is 2.36. The summed E-state index contributed by atoms with van der Waals surface area (Å²) in [5.41, 5.74) is 3.68. The fourth-order valence-electron chi connectivity index (χ4n) is 3.10. The Kier molecular flexibility index (Phi) is 6.88. The van der Waals surface area contributed by atoms with Crippen LogP contribution in [0.25, 0.3) is 5.70 Å². The average Bonchev–Trinajstić information content (AvgIpc) is 2.61. The lowest BCUT2D eigenvalue weighted by Gasteiger charge is -2.31. The van der Waals surface area contributed by atoms with E-state index in [0.717, 1.165) is 17.0 Å². The van der Waals surface area contributed by atoms with Crippen molar-refractivity contribution in [1.29, 1.82) is 0 Å². The number of dihydropyridines is 1. The van der Waals surface area contributed by atoms with Gasteiger partial charge in [0, 0.05) is 17.2 Å². The fraction of sp³-hybridized carbons (Fsp3) is 0.400. The maximum atomic E-state index is 12.7. The van der Waals surface area contributed by atoms with E-state index in [4.69, 9.17) is 4.74 Å². The Morgan fingerprint density at radius 1 is 1.12 bits per heavy atom. The summed E-state index contributed by atoms with van der Waals surface area (Å²) in [5, 5.41) is 3.32. The lowest BCUT2D eigenvalue weighted by atomic mass is 9.82. The summed E-state index contributed by atoms with van der Waals surface area (Å²) in [4.78, 5) is 25.4. The van der Waals surface area contributed by atoms with Crippen LogP contribution in [0.5, 0.6) is 0 Å². The summed E-state index contributed by atoms with van der Waals surface area (Å²) in [6.45, 7) is 7.94. The molecule has 25 heavy (non-hydrogen) atoms. The summed E-state index contributed by atoms with van der Waals surface area (Å²) in [6.07, 6.45) is 0.662. The third-order valence-electron chi connectivity index (χ3n) is 4.14. The van der Waals surface area contributed by atoms with E-state index in [1.54, 1.807) is 6.92 Å². The van der Waals surface area contributed by atoms with Crippen LogP contribution in [-0.4, -0.2) is 23.4 Å². The van der Waals surface area contributed by atoms with Gasteiger partial charge in [-0.15, -0.1) is 0 Å². The number of carbonyl (C=O) groups is 2. The number of hydrogen-bond donors (Lipinski definition) is 1. The van der Waals surface area contributed by atoms with Crippen LogP contribution in [0.1, 0.15) is 39.7 Å². The van der Waals surface area contributed by atoms with Gasteiger partial charge in [-0.1, -0.05) is 55.9 Å². The second-order valence-corrected chi connectivity index (χ2v) is 6.96. The Morgan fingerprint density at radius 2 is 1.80 bits per heavy atom. The van der Waals surface area contributed by atoms with E-state index < -0.39 is 0 Å². The number of benzene rings is 1. The molecule has 0 saturated heterocycles. The molecule has 1 aromatic carbocycles. The van der Waals surface area contributed by atoms with E-state index in [1.165, 1.54) is 11.8 Å². The van der Waals surface area contributed by atoms with Crippen molar-refractivity contribution >= 4 is 28.5 Å². The SMILES string of the molecule is CCOC(=O)C1=C(c2ccccc2)NC(C)=C(C(=O)SCC)[C@@H]1CC. The zero-order valence-electron chi connectivity index (χ0n) is 15.2. The molecule has 0 spiro atoms. The summed E-state index contributed by atoms with van der Waals surface area (Å²) < 4.78 is 5.31. The van der Waals surface area contributed by atoms with E-state index >= 15 is 0 Å². The minimum atomic E-state index is -0.361. The van der Waals surface area contributed by atoms with E-state index in [-0.39, 0.29) is 17.0 Å². The zero-order valence-corrected chi connectivity index (χ0v) is 16.0. The first-order chi connectivity index (χ1) is 12.0. The zero-order chi connectivity index (χ0) is 18.4. The van der Waals surface area contributed by atoms with Gasteiger partial charge < -0.3 is 10.1 Å². The smallest absolute Gasteiger partial charge is 0.336 e. The molecule has 2 rings (SSSR count). The second-order valence-electron chi connectivity index (χ2n) is 5.72. The van der Waals surface area contributed by atoms with Crippen molar-refractivity contribution in [2.45, 2.75) is 34.1 Å². The van der Waals surface area contributed by atoms with Crippen molar-refractivity contribution in [2.24, 2.45) is 5.92 Å². The van der Waals surface area contributed by atoms with Crippen LogP contribution in [0.15, 0.2) is 47.2 Å². The van der Waals surface area contributed by atoms with Crippen molar-refractivity contribution in [3.63, 3.8) is 0 Å². The Morgan fingerprint density at radius 3 is 2.36 bits per heavy atom. The molecule has 0 bridgehead atoms. The van der Waals surface area contributed by atoms with Crippen LogP contribution in [-0.2, 0) is 14.3 Å².